The van der Waals surface area contributed by atoms with Gasteiger partial charge in [0.05, 0.1) is 29.2 Å². The van der Waals surface area contributed by atoms with E-state index in [1.165, 1.54) is 34.7 Å². The first kappa shape index (κ1) is 24.5. The molecule has 4 aromatic rings. The fourth-order valence-corrected chi connectivity index (χ4v) is 5.76. The molecule has 0 spiro atoms. The van der Waals surface area contributed by atoms with E-state index in [0.717, 1.165) is 12.8 Å². The highest BCUT2D eigenvalue weighted by Gasteiger charge is 2.34. The summed E-state index contributed by atoms with van der Waals surface area (Å²) < 4.78 is 5.71. The Kier molecular flexibility index (Phi) is 6.37. The number of rotatable bonds is 6. The number of carbonyl (C=O) groups excluding carboxylic acids is 3. The van der Waals surface area contributed by atoms with Gasteiger partial charge >= 0.3 is 6.03 Å². The number of aromatic nitrogens is 3. The minimum absolute atomic E-state index is 0.158. The molecule has 6 rings (SSSR count). The number of anilines is 3. The first-order valence-corrected chi connectivity index (χ1v) is 13.1. The van der Waals surface area contributed by atoms with Gasteiger partial charge < -0.3 is 20.3 Å². The standard InChI is InChI=1S/C27H23N7O4S/c1-2-21(35)33-12-6-7-16(15-33)31-25(36)24-23-22-18(10-11-28-26(22)39-24)34(27(37)32-23)19-13-30-20(14-29-19)38-17-8-4-3-5-9-17/h2-5,8-11,13-14,16H,1,6-7,12,15H2,(H,31,36)(H,32,37)/t16-/m1/s1. The molecule has 39 heavy (non-hydrogen) atoms. The van der Waals surface area contributed by atoms with Gasteiger partial charge in [-0.1, -0.05) is 24.8 Å². The van der Waals surface area contributed by atoms with Gasteiger partial charge in [-0.2, -0.15) is 0 Å². The maximum Gasteiger partial charge on any atom is 0.332 e. The molecule has 1 saturated heterocycles. The van der Waals surface area contributed by atoms with E-state index in [1.54, 1.807) is 29.3 Å². The summed E-state index contributed by atoms with van der Waals surface area (Å²) in [6, 6.07) is 10.2. The Labute approximate surface area is 227 Å². The van der Waals surface area contributed by atoms with Gasteiger partial charge in [0.1, 0.15) is 15.5 Å². The normalized spacial score (nSPS) is 16.5. The monoisotopic (exact) mass is 541 g/mol. The van der Waals surface area contributed by atoms with Crippen LogP contribution in [-0.4, -0.2) is 56.8 Å². The van der Waals surface area contributed by atoms with Crippen LogP contribution >= 0.6 is 11.3 Å². The quantitative estimate of drug-likeness (QED) is 0.345. The second-order valence-electron chi connectivity index (χ2n) is 9.01. The number of benzene rings is 1. The van der Waals surface area contributed by atoms with Gasteiger partial charge in [-0.3, -0.25) is 9.59 Å². The summed E-state index contributed by atoms with van der Waals surface area (Å²) in [5, 5.41) is 6.52. The van der Waals surface area contributed by atoms with E-state index in [2.05, 4.69) is 32.2 Å². The average Bonchev–Trinajstić information content (AvgIpc) is 3.33. The van der Waals surface area contributed by atoms with Crippen LogP contribution in [0.25, 0.3) is 10.2 Å². The van der Waals surface area contributed by atoms with Gasteiger partial charge in [0.15, 0.2) is 5.82 Å². The molecule has 4 amide bonds. The van der Waals surface area contributed by atoms with E-state index in [1.807, 2.05) is 18.2 Å². The molecule has 2 aliphatic rings. The lowest BCUT2D eigenvalue weighted by Crippen LogP contribution is -2.49. The molecule has 1 fully saturated rings. The van der Waals surface area contributed by atoms with Crippen molar-refractivity contribution in [3.8, 4) is 11.6 Å². The number of hydrogen-bond donors (Lipinski definition) is 2. The number of carbonyl (C=O) groups is 3. The van der Waals surface area contributed by atoms with E-state index in [4.69, 9.17) is 4.74 Å². The molecule has 0 saturated carbocycles. The third-order valence-corrected chi connectivity index (χ3v) is 7.60. The summed E-state index contributed by atoms with van der Waals surface area (Å²) in [5.74, 6) is 0.710. The molecule has 196 valence electrons. The number of thiophene rings is 1. The largest absolute Gasteiger partial charge is 0.438 e. The number of hydrogen-bond acceptors (Lipinski definition) is 8. The van der Waals surface area contributed by atoms with Crippen molar-refractivity contribution in [3.63, 3.8) is 0 Å². The number of para-hydroxylation sites is 1. The third-order valence-electron chi connectivity index (χ3n) is 6.50. The van der Waals surface area contributed by atoms with Crippen LogP contribution in [0.3, 0.4) is 0 Å². The number of amides is 4. The van der Waals surface area contributed by atoms with Crippen LogP contribution in [0.2, 0.25) is 0 Å². The third kappa shape index (κ3) is 4.66. The molecule has 2 aliphatic heterocycles. The van der Waals surface area contributed by atoms with Crippen LogP contribution in [0.1, 0.15) is 22.5 Å². The van der Waals surface area contributed by atoms with Crippen LogP contribution in [0.5, 0.6) is 11.6 Å². The summed E-state index contributed by atoms with van der Waals surface area (Å²) in [5.41, 5.74) is 0.948. The highest BCUT2D eigenvalue weighted by molar-refractivity contribution is 7.21. The van der Waals surface area contributed by atoms with Crippen LogP contribution in [0.4, 0.5) is 22.0 Å². The van der Waals surface area contributed by atoms with E-state index >= 15 is 0 Å². The molecule has 0 radical (unpaired) electrons. The number of pyridine rings is 1. The molecule has 0 unspecified atom stereocenters. The van der Waals surface area contributed by atoms with Crippen LogP contribution in [-0.2, 0) is 4.79 Å². The fourth-order valence-electron chi connectivity index (χ4n) is 4.73. The molecule has 0 bridgehead atoms. The Balaban J connectivity index is 1.27. The minimum atomic E-state index is -0.478. The molecule has 2 N–H and O–H groups in total. The number of ether oxygens (including phenoxy) is 1. The smallest absolute Gasteiger partial charge is 0.332 e. The van der Waals surface area contributed by atoms with Crippen molar-refractivity contribution >= 4 is 56.6 Å². The average molecular weight is 542 g/mol. The molecule has 5 heterocycles. The van der Waals surface area contributed by atoms with E-state index in [-0.39, 0.29) is 29.6 Å². The zero-order valence-corrected chi connectivity index (χ0v) is 21.5. The predicted octanol–water partition coefficient (Wildman–Crippen LogP) is 4.47. The summed E-state index contributed by atoms with van der Waals surface area (Å²) in [6.07, 6.45) is 7.29. The van der Waals surface area contributed by atoms with Crippen molar-refractivity contribution in [1.29, 1.82) is 0 Å². The maximum atomic E-state index is 13.3. The van der Waals surface area contributed by atoms with E-state index < -0.39 is 6.03 Å². The van der Waals surface area contributed by atoms with Gasteiger partial charge in [-0.25, -0.2) is 24.6 Å². The first-order valence-electron chi connectivity index (χ1n) is 12.3. The lowest BCUT2D eigenvalue weighted by atomic mass is 10.1. The van der Waals surface area contributed by atoms with Crippen LogP contribution in [0.15, 0.2) is 67.6 Å². The highest BCUT2D eigenvalue weighted by atomic mass is 32.1. The topological polar surface area (TPSA) is 130 Å². The summed E-state index contributed by atoms with van der Waals surface area (Å²) in [4.78, 5) is 55.8. The molecule has 3 aromatic heterocycles. The fraction of sp³-hybridized carbons (Fsp3) is 0.185. The highest BCUT2D eigenvalue weighted by Crippen LogP contribution is 2.45. The Hall–Kier alpha value is -4.84. The Morgan fingerprint density at radius 2 is 2.00 bits per heavy atom. The molecule has 11 nitrogen and oxygen atoms in total. The first-order chi connectivity index (χ1) is 19.0. The number of nitrogens with zero attached hydrogens (tertiary/aromatic N) is 5. The minimum Gasteiger partial charge on any atom is -0.438 e. The lowest BCUT2D eigenvalue weighted by molar-refractivity contribution is -0.127. The van der Waals surface area contributed by atoms with Gasteiger partial charge in [0.2, 0.25) is 11.8 Å². The summed E-state index contributed by atoms with van der Waals surface area (Å²) >= 11 is 1.20. The molecule has 12 heteroatoms. The number of likely N-dealkylation sites (tertiary alicyclic amines) is 1. The zero-order chi connectivity index (χ0) is 26.9. The van der Waals surface area contributed by atoms with Gasteiger partial charge in [0.25, 0.3) is 5.91 Å². The Bertz CT molecular complexity index is 1590. The predicted molar refractivity (Wildman–Crippen MR) is 147 cm³/mol. The van der Waals surface area contributed by atoms with Crippen molar-refractivity contribution in [3.05, 3.63) is 72.5 Å². The van der Waals surface area contributed by atoms with Crippen molar-refractivity contribution in [2.24, 2.45) is 0 Å². The van der Waals surface area contributed by atoms with E-state index in [9.17, 15) is 14.4 Å². The van der Waals surface area contributed by atoms with Gasteiger partial charge in [-0.15, -0.1) is 11.3 Å². The van der Waals surface area contributed by atoms with Crippen LogP contribution < -0.4 is 20.3 Å². The summed E-state index contributed by atoms with van der Waals surface area (Å²) in [7, 11) is 0. The van der Waals surface area contributed by atoms with Crippen molar-refractivity contribution in [1.82, 2.24) is 25.2 Å². The van der Waals surface area contributed by atoms with E-state index in [0.29, 0.717) is 45.3 Å². The molecular formula is C27H23N7O4S. The molecule has 1 atom stereocenters. The summed E-state index contributed by atoms with van der Waals surface area (Å²) in [6.45, 7) is 4.58. The lowest BCUT2D eigenvalue weighted by Gasteiger charge is -2.32. The Morgan fingerprint density at radius 1 is 1.15 bits per heavy atom. The molecular weight excluding hydrogens is 518 g/mol. The number of urea groups is 1. The zero-order valence-electron chi connectivity index (χ0n) is 20.7. The van der Waals surface area contributed by atoms with Crippen molar-refractivity contribution in [2.45, 2.75) is 18.9 Å². The molecule has 1 aromatic carbocycles. The Morgan fingerprint density at radius 3 is 2.77 bits per heavy atom. The second-order valence-corrected chi connectivity index (χ2v) is 10.0. The van der Waals surface area contributed by atoms with Crippen molar-refractivity contribution < 1.29 is 19.1 Å². The van der Waals surface area contributed by atoms with Crippen molar-refractivity contribution in [2.75, 3.05) is 23.3 Å². The number of nitrogens with one attached hydrogen (secondary N) is 2. The van der Waals surface area contributed by atoms with Gasteiger partial charge in [-0.05, 0) is 37.1 Å². The SMILES string of the molecule is C=CC(=O)N1CCC[C@@H](NC(=O)c2sc3nccc4c3c2NC(=O)N4c2cnc(Oc3ccccc3)cn2)C1. The molecule has 0 aliphatic carbocycles. The van der Waals surface area contributed by atoms with Gasteiger partial charge in [0, 0.05) is 25.3 Å². The maximum absolute atomic E-state index is 13.3. The van der Waals surface area contributed by atoms with Crippen LogP contribution in [0, 0.1) is 0 Å². The number of piperidine rings is 1. The second kappa shape index (κ2) is 10.1.